The molecule has 0 heterocycles. The number of hydrogen-bond donors (Lipinski definition) is 0. The van der Waals surface area contributed by atoms with Gasteiger partial charge in [-0.05, 0) is 151 Å². The van der Waals surface area contributed by atoms with Crippen LogP contribution in [0.4, 0.5) is 34.1 Å². The van der Waals surface area contributed by atoms with Crippen LogP contribution in [0.25, 0.3) is 55.6 Å². The summed E-state index contributed by atoms with van der Waals surface area (Å²) in [6.07, 6.45) is 0. The Morgan fingerprint density at radius 1 is 0.221 bits per heavy atom. The van der Waals surface area contributed by atoms with Crippen molar-refractivity contribution >= 4 is 34.1 Å². The van der Waals surface area contributed by atoms with Gasteiger partial charge in [0.2, 0.25) is 0 Å². The van der Waals surface area contributed by atoms with Crippen molar-refractivity contribution in [3.8, 4) is 55.6 Å². The highest BCUT2D eigenvalue weighted by atomic mass is 15.1. The molecule has 0 N–H and O–H groups in total. The van der Waals surface area contributed by atoms with E-state index < -0.39 is 0 Å². The highest BCUT2D eigenvalue weighted by Crippen LogP contribution is 2.52. The van der Waals surface area contributed by atoms with Crippen LogP contribution in [0, 0.1) is 0 Å². The first-order valence-electron chi connectivity index (χ1n) is 23.8. The van der Waals surface area contributed by atoms with Gasteiger partial charge in [-0.15, -0.1) is 0 Å². The van der Waals surface area contributed by atoms with Crippen LogP contribution in [-0.4, -0.2) is 0 Å². The molecule has 326 valence electrons. The van der Waals surface area contributed by atoms with E-state index in [-0.39, 0.29) is 10.8 Å². The van der Waals surface area contributed by atoms with Crippen LogP contribution in [0.5, 0.6) is 0 Å². The maximum atomic E-state index is 2.42. The standard InChI is InChI=1S/C66H52N2/c1-65(2)61-24-13-11-22-57(61)59-40-38-55(43-63(59)65)67(51-32-26-47(27-33-51)45-16-7-5-8-17-45)52-36-30-49(31-37-52)50-20-15-21-54(42-50)68(53-34-28-48(29-35-53)46-18-9-6-10-19-46)56-39-41-60-58-23-12-14-25-62(58)66(3,4)64(60)44-56/h5-44H,1-4H3. The number of fused-ring (bicyclic) bond motifs is 6. The van der Waals surface area contributed by atoms with Gasteiger partial charge in [0, 0.05) is 45.0 Å². The first-order chi connectivity index (χ1) is 33.2. The molecule has 0 unspecified atom stereocenters. The summed E-state index contributed by atoms with van der Waals surface area (Å²) in [5.41, 5.74) is 24.4. The average Bonchev–Trinajstić information content (AvgIpc) is 3.76. The van der Waals surface area contributed by atoms with E-state index in [4.69, 9.17) is 0 Å². The average molecular weight is 873 g/mol. The fourth-order valence-corrected chi connectivity index (χ4v) is 11.1. The molecule has 0 atom stereocenters. The van der Waals surface area contributed by atoms with Crippen molar-refractivity contribution in [2.45, 2.75) is 38.5 Å². The molecule has 0 saturated carbocycles. The fraction of sp³-hybridized carbons (Fsp3) is 0.0909. The van der Waals surface area contributed by atoms with E-state index in [1.807, 2.05) is 0 Å². The second-order valence-electron chi connectivity index (χ2n) is 19.4. The normalized spacial score (nSPS) is 13.5. The molecular formula is C66H52N2. The molecule has 0 bridgehead atoms. The Labute approximate surface area is 401 Å². The number of nitrogens with zero attached hydrogens (tertiary/aromatic N) is 2. The van der Waals surface area contributed by atoms with Crippen molar-refractivity contribution in [1.29, 1.82) is 0 Å². The fourth-order valence-electron chi connectivity index (χ4n) is 11.1. The first-order valence-corrected chi connectivity index (χ1v) is 23.8. The minimum absolute atomic E-state index is 0.113. The van der Waals surface area contributed by atoms with Crippen LogP contribution in [0.1, 0.15) is 49.9 Å². The van der Waals surface area contributed by atoms with Gasteiger partial charge in [0.05, 0.1) is 0 Å². The maximum Gasteiger partial charge on any atom is 0.0467 e. The van der Waals surface area contributed by atoms with Crippen molar-refractivity contribution in [1.82, 2.24) is 0 Å². The molecule has 10 aromatic rings. The van der Waals surface area contributed by atoms with E-state index in [0.29, 0.717) is 0 Å². The molecule has 0 fully saturated rings. The van der Waals surface area contributed by atoms with Gasteiger partial charge in [0.1, 0.15) is 0 Å². The van der Waals surface area contributed by atoms with Gasteiger partial charge in [0.25, 0.3) is 0 Å². The Bertz CT molecular complexity index is 3470. The van der Waals surface area contributed by atoms with Gasteiger partial charge in [-0.1, -0.05) is 198 Å². The lowest BCUT2D eigenvalue weighted by atomic mass is 9.82. The molecule has 0 aliphatic heterocycles. The third-order valence-electron chi connectivity index (χ3n) is 14.7. The predicted octanol–water partition coefficient (Wildman–Crippen LogP) is 18.2. The predicted molar refractivity (Wildman–Crippen MR) is 287 cm³/mol. The number of benzene rings is 10. The monoisotopic (exact) mass is 872 g/mol. The molecule has 12 rings (SSSR count). The summed E-state index contributed by atoms with van der Waals surface area (Å²) < 4.78 is 0. The van der Waals surface area contributed by atoms with Gasteiger partial charge in [-0.2, -0.15) is 0 Å². The van der Waals surface area contributed by atoms with Crippen LogP contribution in [0.3, 0.4) is 0 Å². The zero-order valence-electron chi connectivity index (χ0n) is 39.0. The Hall–Kier alpha value is -8.20. The second-order valence-corrected chi connectivity index (χ2v) is 19.4. The van der Waals surface area contributed by atoms with Crippen molar-refractivity contribution in [3.05, 3.63) is 265 Å². The van der Waals surface area contributed by atoms with E-state index >= 15 is 0 Å². The lowest BCUT2D eigenvalue weighted by Gasteiger charge is -2.29. The third kappa shape index (κ3) is 6.95. The van der Waals surface area contributed by atoms with E-state index in [9.17, 15) is 0 Å². The van der Waals surface area contributed by atoms with Crippen molar-refractivity contribution in [2.75, 3.05) is 9.80 Å². The van der Waals surface area contributed by atoms with E-state index in [0.717, 1.165) is 45.3 Å². The van der Waals surface area contributed by atoms with Crippen LogP contribution >= 0.6 is 0 Å². The van der Waals surface area contributed by atoms with E-state index in [1.165, 1.54) is 66.8 Å². The van der Waals surface area contributed by atoms with Gasteiger partial charge in [0.15, 0.2) is 0 Å². The zero-order chi connectivity index (χ0) is 46.0. The number of hydrogen-bond acceptors (Lipinski definition) is 2. The van der Waals surface area contributed by atoms with Crippen LogP contribution in [0.15, 0.2) is 243 Å². The molecule has 2 aliphatic rings. The third-order valence-corrected chi connectivity index (χ3v) is 14.7. The quantitative estimate of drug-likeness (QED) is 0.143. The van der Waals surface area contributed by atoms with Crippen molar-refractivity contribution in [3.63, 3.8) is 0 Å². The zero-order valence-corrected chi connectivity index (χ0v) is 39.0. The summed E-state index contributed by atoms with van der Waals surface area (Å²) in [7, 11) is 0. The van der Waals surface area contributed by atoms with Gasteiger partial charge in [-0.25, -0.2) is 0 Å². The minimum Gasteiger partial charge on any atom is -0.310 e. The molecule has 10 aromatic carbocycles. The Morgan fingerprint density at radius 2 is 0.529 bits per heavy atom. The van der Waals surface area contributed by atoms with Crippen LogP contribution < -0.4 is 9.80 Å². The van der Waals surface area contributed by atoms with E-state index in [1.54, 1.807) is 0 Å². The summed E-state index contributed by atoms with van der Waals surface area (Å²) in [6.45, 7) is 9.43. The summed E-state index contributed by atoms with van der Waals surface area (Å²) in [5.74, 6) is 0. The smallest absolute Gasteiger partial charge is 0.0467 e. The lowest BCUT2D eigenvalue weighted by molar-refractivity contribution is 0.660. The summed E-state index contributed by atoms with van der Waals surface area (Å²) >= 11 is 0. The van der Waals surface area contributed by atoms with Gasteiger partial charge in [-0.3, -0.25) is 0 Å². The van der Waals surface area contributed by atoms with Crippen LogP contribution in [0.2, 0.25) is 0 Å². The minimum atomic E-state index is -0.118. The molecule has 0 saturated heterocycles. The molecule has 68 heavy (non-hydrogen) atoms. The molecule has 0 amide bonds. The first kappa shape index (κ1) is 41.2. The number of anilines is 6. The topological polar surface area (TPSA) is 6.48 Å². The lowest BCUT2D eigenvalue weighted by Crippen LogP contribution is -2.16. The van der Waals surface area contributed by atoms with Gasteiger partial charge < -0.3 is 9.80 Å². The molecule has 0 spiro atoms. The van der Waals surface area contributed by atoms with Crippen molar-refractivity contribution in [2.24, 2.45) is 0 Å². The number of rotatable bonds is 9. The Kier molecular flexibility index (Phi) is 9.88. The Morgan fingerprint density at radius 3 is 0.971 bits per heavy atom. The van der Waals surface area contributed by atoms with Gasteiger partial charge >= 0.3 is 0 Å². The summed E-state index contributed by atoms with van der Waals surface area (Å²) in [6, 6.07) is 89.2. The highest BCUT2D eigenvalue weighted by molar-refractivity contribution is 5.89. The molecular weight excluding hydrogens is 821 g/mol. The molecule has 0 radical (unpaired) electrons. The largest absolute Gasteiger partial charge is 0.310 e. The highest BCUT2D eigenvalue weighted by Gasteiger charge is 2.37. The maximum absolute atomic E-state index is 2.42. The molecule has 2 aliphatic carbocycles. The summed E-state index contributed by atoms with van der Waals surface area (Å²) in [5, 5.41) is 0. The SMILES string of the molecule is CC1(C)c2ccccc2-c2ccc(N(c3ccc(-c4ccccc4)cc3)c3ccc(-c4cccc(N(c5ccc(-c6ccccc6)cc5)c5ccc6c(c5)C(C)(C)c5ccccc5-6)c4)cc3)cc21. The molecule has 2 heteroatoms. The molecule has 2 nitrogen and oxygen atoms in total. The Balaban J connectivity index is 0.931. The van der Waals surface area contributed by atoms with Crippen molar-refractivity contribution < 1.29 is 0 Å². The molecule has 0 aromatic heterocycles. The second kappa shape index (κ2) is 16.3. The van der Waals surface area contributed by atoms with Crippen LogP contribution in [-0.2, 0) is 10.8 Å². The summed E-state index contributed by atoms with van der Waals surface area (Å²) in [4.78, 5) is 4.82. The van der Waals surface area contributed by atoms with E-state index in [2.05, 4.69) is 280 Å².